The average molecular weight is 800 g/mol. The number of likely N-dealkylation sites (N-methyl/N-ethyl adjacent to an activating group) is 1. The average Bonchev–Trinajstić information content (AvgIpc) is 3.80. The first-order valence-corrected chi connectivity index (χ1v) is 22.6. The summed E-state index contributed by atoms with van der Waals surface area (Å²) in [5, 5.41) is 13.6. The van der Waals surface area contributed by atoms with Crippen molar-refractivity contribution in [1.29, 1.82) is 5.26 Å². The second kappa shape index (κ2) is 24.1. The van der Waals surface area contributed by atoms with Crippen LogP contribution in [0.2, 0.25) is 0 Å². The van der Waals surface area contributed by atoms with Gasteiger partial charge in [-0.3, -0.25) is 4.52 Å². The molecule has 1 aliphatic rings. The number of benzene rings is 1. The Hall–Kier alpha value is -2.95. The first kappa shape index (κ1) is 45.7. The van der Waals surface area contributed by atoms with Crippen molar-refractivity contribution < 1.29 is 27.8 Å². The molecule has 0 radical (unpaired) electrons. The Morgan fingerprint density at radius 1 is 1.02 bits per heavy atom. The zero-order valence-corrected chi connectivity index (χ0v) is 34.8. The minimum absolute atomic E-state index is 0.0622. The van der Waals surface area contributed by atoms with Crippen molar-refractivity contribution >= 4 is 19.1 Å². The molecule has 3 heterocycles. The van der Waals surface area contributed by atoms with Crippen LogP contribution in [0.25, 0.3) is 5.52 Å². The zero-order chi connectivity index (χ0) is 40.2. The van der Waals surface area contributed by atoms with Gasteiger partial charge in [-0.1, -0.05) is 122 Å². The second-order valence-corrected chi connectivity index (χ2v) is 17.6. The Morgan fingerprint density at radius 3 is 2.23 bits per heavy atom. The number of nitrogen functional groups attached to an aromatic ring is 1. The van der Waals surface area contributed by atoms with Crippen LogP contribution in [0.1, 0.15) is 165 Å². The number of nitrogens with two attached hydrogens (primary N) is 2. The minimum Gasteiger partial charge on any atom is -0.382 e. The van der Waals surface area contributed by atoms with E-state index < -0.39 is 31.5 Å². The lowest BCUT2D eigenvalue weighted by Crippen LogP contribution is -2.44. The maximum atomic E-state index is 14.1. The number of unbranched alkanes of at least 4 members (excludes halogenated alkanes) is 17. The minimum atomic E-state index is -4.30. The van der Waals surface area contributed by atoms with E-state index in [1.54, 1.807) is 10.6 Å². The molecule has 0 spiro atoms. The van der Waals surface area contributed by atoms with Gasteiger partial charge in [0, 0.05) is 6.54 Å². The molecule has 12 nitrogen and oxygen atoms in total. The summed E-state index contributed by atoms with van der Waals surface area (Å²) in [5.74, 6) is -0.163. The van der Waals surface area contributed by atoms with Crippen molar-refractivity contribution in [2.24, 2.45) is 5.73 Å². The van der Waals surface area contributed by atoms with Crippen LogP contribution in [-0.4, -0.2) is 56.2 Å². The summed E-state index contributed by atoms with van der Waals surface area (Å²) in [5.41, 5.74) is 13.4. The quantitative estimate of drug-likeness (QED) is 0.0450. The fourth-order valence-electron chi connectivity index (χ4n) is 7.51. The van der Waals surface area contributed by atoms with Gasteiger partial charge in [-0.05, 0) is 62.2 Å². The van der Waals surface area contributed by atoms with E-state index in [4.69, 9.17) is 25.5 Å². The molecule has 56 heavy (non-hydrogen) atoms. The van der Waals surface area contributed by atoms with Crippen molar-refractivity contribution in [3.63, 3.8) is 0 Å². The molecule has 3 aromatic rings. The molecule has 2 aromatic heterocycles. The predicted octanol–water partition coefficient (Wildman–Crippen LogP) is 9.89. The van der Waals surface area contributed by atoms with E-state index in [1.807, 2.05) is 18.2 Å². The van der Waals surface area contributed by atoms with E-state index in [0.29, 0.717) is 36.2 Å². The van der Waals surface area contributed by atoms with Gasteiger partial charge < -0.3 is 25.8 Å². The number of hydrogen-bond donors (Lipinski definition) is 3. The molecule has 4 rings (SSSR count). The van der Waals surface area contributed by atoms with E-state index in [9.17, 15) is 19.1 Å². The van der Waals surface area contributed by atoms with Gasteiger partial charge in [-0.2, -0.15) is 10.4 Å². The summed E-state index contributed by atoms with van der Waals surface area (Å²) in [6.45, 7) is 2.13. The van der Waals surface area contributed by atoms with Crippen LogP contribution in [0.3, 0.4) is 0 Å². The Morgan fingerprint density at radius 2 is 1.62 bits per heavy atom. The number of aromatic nitrogens is 3. The summed E-state index contributed by atoms with van der Waals surface area (Å²) in [6, 6.07) is 9.75. The Kier molecular flexibility index (Phi) is 19.7. The molecule has 1 unspecified atom stereocenters. The molecule has 0 bridgehead atoms. The third-order valence-corrected chi connectivity index (χ3v) is 12.4. The maximum absolute atomic E-state index is 14.1. The Bertz CT molecular complexity index is 1690. The van der Waals surface area contributed by atoms with Gasteiger partial charge in [0.2, 0.25) is 0 Å². The van der Waals surface area contributed by atoms with Gasteiger partial charge in [0.1, 0.15) is 29.5 Å². The third-order valence-electron chi connectivity index (χ3n) is 10.9. The van der Waals surface area contributed by atoms with Crippen LogP contribution >= 0.6 is 7.75 Å². The largest absolute Gasteiger partial charge is 0.405 e. The van der Waals surface area contributed by atoms with Gasteiger partial charge in [0.15, 0.2) is 5.82 Å². The third kappa shape index (κ3) is 15.4. The van der Waals surface area contributed by atoms with Crippen molar-refractivity contribution in [2.45, 2.75) is 166 Å². The number of anilines is 1. The van der Waals surface area contributed by atoms with Gasteiger partial charge in [0.05, 0.1) is 36.6 Å². The summed E-state index contributed by atoms with van der Waals surface area (Å²) < 4.78 is 48.5. The normalized spacial score (nSPS) is 18.8. The molecule has 312 valence electrons. The fraction of sp³-hybridized carbons (Fsp3) is 0.690. The van der Waals surface area contributed by atoms with Crippen LogP contribution in [0, 0.1) is 17.1 Å². The van der Waals surface area contributed by atoms with E-state index in [-0.39, 0.29) is 25.3 Å². The molecule has 1 aromatic carbocycles. The first-order chi connectivity index (χ1) is 27.0. The second-order valence-electron chi connectivity index (χ2n) is 15.7. The molecule has 0 aliphatic carbocycles. The van der Waals surface area contributed by atoms with E-state index in [1.165, 1.54) is 126 Å². The van der Waals surface area contributed by atoms with E-state index in [0.717, 1.165) is 25.0 Å². The van der Waals surface area contributed by atoms with Crippen molar-refractivity contribution in [2.75, 3.05) is 25.9 Å². The Labute approximate surface area is 334 Å². The smallest absolute Gasteiger partial charge is 0.382 e. The van der Waals surface area contributed by atoms with Crippen LogP contribution in [0.5, 0.6) is 0 Å². The van der Waals surface area contributed by atoms with Crippen molar-refractivity contribution in [3.05, 3.63) is 59.3 Å². The summed E-state index contributed by atoms with van der Waals surface area (Å²) in [4.78, 5) is 15.0. The predicted molar refractivity (Wildman–Crippen MR) is 219 cm³/mol. The lowest BCUT2D eigenvalue weighted by molar-refractivity contribution is -0.0699. The molecular formula is C42H67FN7O5P. The molecule has 1 saturated heterocycles. The number of hydrogen-bond acceptors (Lipinski definition) is 9. The monoisotopic (exact) mass is 799 g/mol. The van der Waals surface area contributed by atoms with Crippen LogP contribution < -0.4 is 11.5 Å². The van der Waals surface area contributed by atoms with Crippen molar-refractivity contribution in [1.82, 2.24) is 19.3 Å². The van der Waals surface area contributed by atoms with Gasteiger partial charge in [0.25, 0.3) is 0 Å². The number of ether oxygens (including phenoxy) is 2. The maximum Gasteiger partial charge on any atom is 0.405 e. The topological polar surface area (TPSA) is 174 Å². The molecule has 1 aliphatic heterocycles. The molecule has 0 amide bonds. The highest BCUT2D eigenvalue weighted by Gasteiger charge is 2.41. The van der Waals surface area contributed by atoms with Crippen LogP contribution in [0.4, 0.5) is 10.2 Å². The molecular weight excluding hydrogens is 732 g/mol. The van der Waals surface area contributed by atoms with Gasteiger partial charge in [-0.25, -0.2) is 23.1 Å². The first-order valence-electron chi connectivity index (χ1n) is 21.1. The zero-order valence-electron chi connectivity index (χ0n) is 33.9. The van der Waals surface area contributed by atoms with Gasteiger partial charge >= 0.3 is 7.75 Å². The van der Waals surface area contributed by atoms with Gasteiger partial charge in [-0.15, -0.1) is 0 Å². The number of rotatable bonds is 29. The molecule has 4 atom stereocenters. The SMILES string of the molecule is CCCCCCCCCCCCCCCCCCCC[C@H](CN(C)P(=O)(O)OC[C@]1(N)CC[C@H](c2ccc3c(N)ncnn23)O1)OCc1cc(F)cc(C#N)c1. The highest BCUT2D eigenvalue weighted by molar-refractivity contribution is 7.50. The van der Waals surface area contributed by atoms with Crippen LogP contribution in [0.15, 0.2) is 36.7 Å². The fourth-order valence-corrected chi connectivity index (χ4v) is 8.48. The highest BCUT2D eigenvalue weighted by atomic mass is 31.2. The summed E-state index contributed by atoms with van der Waals surface area (Å²) in [6.07, 6.45) is 25.3. The van der Waals surface area contributed by atoms with E-state index in [2.05, 4.69) is 17.0 Å². The lowest BCUT2D eigenvalue weighted by atomic mass is 10.0. The van der Waals surface area contributed by atoms with E-state index >= 15 is 0 Å². The molecule has 14 heteroatoms. The number of nitrogens with zero attached hydrogens (tertiary/aromatic N) is 5. The highest BCUT2D eigenvalue weighted by Crippen LogP contribution is 2.48. The summed E-state index contributed by atoms with van der Waals surface area (Å²) >= 11 is 0. The molecule has 1 fully saturated rings. The number of fused-ring (bicyclic) bond motifs is 1. The molecule has 0 saturated carbocycles. The van der Waals surface area contributed by atoms with Crippen LogP contribution in [-0.2, 0) is 25.2 Å². The standard InChI is InChI=1S/C42H67FN7O5P/c1-3-4-5-6-7-8-9-10-11-12-13-14-15-16-17-18-19-20-21-37(53-31-35-26-34(29-44)27-36(43)28-35)30-49(2)56(51,52)54-32-42(46)25-24-40(55-42)38-22-23-39-41(45)47-33-48-50(38)39/h22-23,26-28,33,37,40H,3-21,24-25,30-32,46H2,1-2H3,(H,51,52)(H2,45,47,48)/t37-,40-,42+/m1/s1. The lowest BCUT2D eigenvalue weighted by Gasteiger charge is -2.30. The number of halogens is 1. The van der Waals surface area contributed by atoms with Crippen molar-refractivity contribution in [3.8, 4) is 6.07 Å². The summed E-state index contributed by atoms with van der Waals surface area (Å²) in [7, 11) is -2.79. The molecule has 5 N–H and O–H groups in total. The Balaban J connectivity index is 1.17. The number of nitriles is 1.